The van der Waals surface area contributed by atoms with Gasteiger partial charge in [-0.1, -0.05) is 18.3 Å². The predicted octanol–water partition coefficient (Wildman–Crippen LogP) is 5.27. The fourth-order valence-electron chi connectivity index (χ4n) is 2.77. The fourth-order valence-corrected chi connectivity index (χ4v) is 3.73. The second kappa shape index (κ2) is 8.79. The maximum Gasteiger partial charge on any atom is 0.264 e. The molecule has 0 radical (unpaired) electrons. The van der Waals surface area contributed by atoms with Crippen LogP contribution in [0, 0.1) is 0 Å². The highest BCUT2D eigenvalue weighted by molar-refractivity contribution is 7.19. The first-order valence-electron chi connectivity index (χ1n) is 9.28. The van der Waals surface area contributed by atoms with Crippen molar-refractivity contribution in [1.29, 1.82) is 0 Å². The van der Waals surface area contributed by atoms with Gasteiger partial charge in [-0.3, -0.25) is 14.9 Å². The number of amides is 1. The number of anilines is 1. The average molecular weight is 422 g/mol. The standard InChI is InChI=1S/C22H18N2O5S/c1-2-16(25)14-7-9-15(10-8-14)29-13-19(26)23-22-24-20(17-5-3-11-27-17)21(30-22)18-6-4-12-28-18/h3-12H,2,13H2,1H3,(H,23,24,26). The molecule has 30 heavy (non-hydrogen) atoms. The van der Waals surface area contributed by atoms with Gasteiger partial charge in [0.15, 0.2) is 23.3 Å². The molecule has 0 aliphatic carbocycles. The number of rotatable bonds is 8. The van der Waals surface area contributed by atoms with Crippen LogP contribution in [0.1, 0.15) is 23.7 Å². The Balaban J connectivity index is 1.43. The SMILES string of the molecule is CCC(=O)c1ccc(OCC(=O)Nc2nc(-c3ccco3)c(-c3ccco3)s2)cc1. The zero-order valence-electron chi connectivity index (χ0n) is 16.1. The summed E-state index contributed by atoms with van der Waals surface area (Å²) in [5.41, 5.74) is 1.21. The molecule has 4 aromatic rings. The fraction of sp³-hybridized carbons (Fsp3) is 0.136. The second-order valence-corrected chi connectivity index (χ2v) is 7.29. The summed E-state index contributed by atoms with van der Waals surface area (Å²) in [5.74, 6) is 1.43. The summed E-state index contributed by atoms with van der Waals surface area (Å²) in [6.07, 6.45) is 3.58. The molecule has 3 heterocycles. The smallest absolute Gasteiger partial charge is 0.264 e. The largest absolute Gasteiger partial charge is 0.484 e. The van der Waals surface area contributed by atoms with Crippen LogP contribution in [0.4, 0.5) is 5.13 Å². The molecule has 1 amide bonds. The molecule has 0 fully saturated rings. The first-order valence-corrected chi connectivity index (χ1v) is 10.1. The normalized spacial score (nSPS) is 10.7. The molecule has 1 N–H and O–H groups in total. The van der Waals surface area contributed by atoms with Gasteiger partial charge in [-0.25, -0.2) is 4.98 Å². The minimum Gasteiger partial charge on any atom is -0.484 e. The Bertz CT molecular complexity index is 1080. The predicted molar refractivity (Wildman–Crippen MR) is 113 cm³/mol. The number of ketones is 1. The highest BCUT2D eigenvalue weighted by atomic mass is 32.1. The van der Waals surface area contributed by atoms with Crippen molar-refractivity contribution in [2.75, 3.05) is 11.9 Å². The van der Waals surface area contributed by atoms with Gasteiger partial charge in [0.2, 0.25) is 0 Å². The number of hydrogen-bond acceptors (Lipinski definition) is 7. The highest BCUT2D eigenvalue weighted by Gasteiger charge is 2.20. The lowest BCUT2D eigenvalue weighted by Gasteiger charge is -2.06. The van der Waals surface area contributed by atoms with Gasteiger partial charge in [0.1, 0.15) is 22.1 Å². The van der Waals surface area contributed by atoms with Crippen molar-refractivity contribution >= 4 is 28.2 Å². The van der Waals surface area contributed by atoms with E-state index in [0.29, 0.717) is 40.1 Å². The monoisotopic (exact) mass is 422 g/mol. The van der Waals surface area contributed by atoms with E-state index in [4.69, 9.17) is 13.6 Å². The number of ether oxygens (including phenoxy) is 1. The molecule has 0 atom stereocenters. The van der Waals surface area contributed by atoms with E-state index in [1.165, 1.54) is 11.3 Å². The van der Waals surface area contributed by atoms with Crippen molar-refractivity contribution in [2.24, 2.45) is 0 Å². The lowest BCUT2D eigenvalue weighted by molar-refractivity contribution is -0.118. The first kappa shape index (κ1) is 19.7. The van der Waals surface area contributed by atoms with Crippen LogP contribution in [0.25, 0.3) is 22.1 Å². The molecule has 4 rings (SSSR count). The molecular formula is C22H18N2O5S. The lowest BCUT2D eigenvalue weighted by atomic mass is 10.1. The van der Waals surface area contributed by atoms with E-state index >= 15 is 0 Å². The molecule has 0 unspecified atom stereocenters. The van der Waals surface area contributed by atoms with Crippen LogP contribution < -0.4 is 10.1 Å². The van der Waals surface area contributed by atoms with E-state index in [0.717, 1.165) is 4.88 Å². The number of nitrogens with zero attached hydrogens (tertiary/aromatic N) is 1. The Morgan fingerprint density at radius 1 is 1.03 bits per heavy atom. The van der Waals surface area contributed by atoms with Gasteiger partial charge in [-0.15, -0.1) is 0 Å². The van der Waals surface area contributed by atoms with Crippen molar-refractivity contribution in [3.05, 3.63) is 66.6 Å². The quantitative estimate of drug-likeness (QED) is 0.389. The van der Waals surface area contributed by atoms with Crippen LogP contribution in [0.3, 0.4) is 0 Å². The van der Waals surface area contributed by atoms with Gasteiger partial charge < -0.3 is 13.6 Å². The number of thiazole rings is 1. The van der Waals surface area contributed by atoms with E-state index in [1.54, 1.807) is 55.0 Å². The molecule has 1 aromatic carbocycles. The maximum absolute atomic E-state index is 12.3. The third-order valence-electron chi connectivity index (χ3n) is 4.24. The second-order valence-electron chi connectivity index (χ2n) is 6.29. The van der Waals surface area contributed by atoms with E-state index in [1.807, 2.05) is 13.0 Å². The van der Waals surface area contributed by atoms with E-state index in [2.05, 4.69) is 10.3 Å². The summed E-state index contributed by atoms with van der Waals surface area (Å²) in [7, 11) is 0. The van der Waals surface area contributed by atoms with Crippen molar-refractivity contribution in [3.63, 3.8) is 0 Å². The molecule has 0 bridgehead atoms. The Labute approximate surface area is 176 Å². The summed E-state index contributed by atoms with van der Waals surface area (Å²) in [4.78, 5) is 29.2. The van der Waals surface area contributed by atoms with Gasteiger partial charge in [-0.2, -0.15) is 0 Å². The number of furan rings is 2. The summed E-state index contributed by atoms with van der Waals surface area (Å²) >= 11 is 1.28. The molecule has 152 valence electrons. The van der Waals surface area contributed by atoms with Crippen molar-refractivity contribution in [3.8, 4) is 27.8 Å². The molecule has 0 saturated carbocycles. The molecule has 7 nitrogen and oxygen atoms in total. The minimum atomic E-state index is -0.352. The molecule has 0 aliphatic heterocycles. The molecular weight excluding hydrogens is 404 g/mol. The number of carbonyl (C=O) groups is 2. The molecule has 0 aliphatic rings. The van der Waals surface area contributed by atoms with E-state index < -0.39 is 0 Å². The lowest BCUT2D eigenvalue weighted by Crippen LogP contribution is -2.20. The van der Waals surface area contributed by atoms with E-state index in [-0.39, 0.29) is 18.3 Å². The summed E-state index contributed by atoms with van der Waals surface area (Å²) < 4.78 is 16.4. The van der Waals surface area contributed by atoms with Gasteiger partial charge in [0.25, 0.3) is 5.91 Å². The molecule has 0 saturated heterocycles. The molecule has 8 heteroatoms. The van der Waals surface area contributed by atoms with Crippen LogP contribution in [0.2, 0.25) is 0 Å². The van der Waals surface area contributed by atoms with Crippen molar-refractivity contribution in [2.45, 2.75) is 13.3 Å². The average Bonchev–Trinajstić information content (AvgIpc) is 3.53. The van der Waals surface area contributed by atoms with Gasteiger partial charge in [-0.05, 0) is 48.5 Å². The van der Waals surface area contributed by atoms with E-state index in [9.17, 15) is 9.59 Å². The summed E-state index contributed by atoms with van der Waals surface area (Å²) in [6, 6.07) is 13.9. The number of Topliss-reactive ketones (excluding diaryl/α,β-unsaturated/α-hetero) is 1. The van der Waals surface area contributed by atoms with Crippen molar-refractivity contribution < 1.29 is 23.2 Å². The van der Waals surface area contributed by atoms with Gasteiger partial charge >= 0.3 is 0 Å². The number of aromatic nitrogens is 1. The maximum atomic E-state index is 12.3. The van der Waals surface area contributed by atoms with Gasteiger partial charge in [0, 0.05) is 12.0 Å². The third-order valence-corrected chi connectivity index (χ3v) is 5.23. The zero-order valence-corrected chi connectivity index (χ0v) is 16.9. The van der Waals surface area contributed by atoms with Crippen LogP contribution >= 0.6 is 11.3 Å². The number of nitrogens with one attached hydrogen (secondary N) is 1. The van der Waals surface area contributed by atoms with Crippen LogP contribution in [0.5, 0.6) is 5.75 Å². The molecule has 3 aromatic heterocycles. The Morgan fingerprint density at radius 3 is 2.37 bits per heavy atom. The Hall–Kier alpha value is -3.65. The summed E-state index contributed by atoms with van der Waals surface area (Å²) in [6.45, 7) is 1.62. The number of benzene rings is 1. The third kappa shape index (κ3) is 4.33. The highest BCUT2D eigenvalue weighted by Crippen LogP contribution is 2.39. The summed E-state index contributed by atoms with van der Waals surface area (Å²) in [5, 5.41) is 3.15. The van der Waals surface area contributed by atoms with Crippen LogP contribution in [-0.2, 0) is 4.79 Å². The first-order chi connectivity index (χ1) is 14.6. The minimum absolute atomic E-state index is 0.0581. The van der Waals surface area contributed by atoms with Crippen molar-refractivity contribution in [1.82, 2.24) is 4.98 Å². The van der Waals surface area contributed by atoms with Crippen LogP contribution in [-0.4, -0.2) is 23.3 Å². The van der Waals surface area contributed by atoms with Crippen LogP contribution in [0.15, 0.2) is 69.9 Å². The Morgan fingerprint density at radius 2 is 1.73 bits per heavy atom. The van der Waals surface area contributed by atoms with Gasteiger partial charge in [0.05, 0.1) is 12.5 Å². The zero-order chi connectivity index (χ0) is 20.9. The topological polar surface area (TPSA) is 94.6 Å². The number of carbonyl (C=O) groups excluding carboxylic acids is 2. The molecule has 0 spiro atoms. The number of hydrogen-bond donors (Lipinski definition) is 1. The Kier molecular flexibility index (Phi) is 5.76.